The number of nitrogens with two attached hydrogens (primary N) is 1. The number of nitrogen functional groups attached to an aromatic ring is 1. The molecule has 0 aliphatic carbocycles. The Morgan fingerprint density at radius 2 is 1.95 bits per heavy atom. The Labute approximate surface area is 121 Å². The number of para-hydroxylation sites is 2. The third-order valence-electron chi connectivity index (χ3n) is 2.81. The second-order valence-corrected chi connectivity index (χ2v) is 5.10. The molecule has 0 radical (unpaired) electrons. The monoisotopic (exact) mass is 320 g/mol. The van der Waals surface area contributed by atoms with Crippen LogP contribution in [0.3, 0.4) is 0 Å². The molecule has 0 aliphatic rings. The summed E-state index contributed by atoms with van der Waals surface area (Å²) in [4.78, 5) is 0. The second-order valence-electron chi connectivity index (χ2n) is 4.24. The lowest BCUT2D eigenvalue weighted by atomic mass is 10.1. The molecule has 2 aromatic rings. The third-order valence-corrected chi connectivity index (χ3v) is 3.47. The van der Waals surface area contributed by atoms with E-state index in [4.69, 9.17) is 10.5 Å². The first kappa shape index (κ1) is 13.7. The Hall–Kier alpha value is -1.68. The van der Waals surface area contributed by atoms with Crippen molar-refractivity contribution in [1.29, 1.82) is 0 Å². The van der Waals surface area contributed by atoms with Gasteiger partial charge in [0.1, 0.15) is 5.75 Å². The van der Waals surface area contributed by atoms with Crippen LogP contribution in [0.2, 0.25) is 0 Å². The molecule has 100 valence electrons. The Morgan fingerprint density at radius 1 is 1.21 bits per heavy atom. The lowest BCUT2D eigenvalue weighted by Gasteiger charge is -2.14. The maximum absolute atomic E-state index is 5.88. The number of ether oxygens (including phenoxy) is 1. The summed E-state index contributed by atoms with van der Waals surface area (Å²) in [6.45, 7) is 4.60. The van der Waals surface area contributed by atoms with E-state index < -0.39 is 0 Å². The molecule has 0 unspecified atom stereocenters. The van der Waals surface area contributed by atoms with Gasteiger partial charge in [-0.2, -0.15) is 0 Å². The molecule has 19 heavy (non-hydrogen) atoms. The standard InChI is InChI=1S/C15H17BrN2O/c1-3-19-15-7-5-4-6-13(15)18-14-8-10(2)12(17)9-11(14)16/h4-9,18H,3,17H2,1-2H3. The van der Waals surface area contributed by atoms with Crippen LogP contribution in [0, 0.1) is 6.92 Å². The Morgan fingerprint density at radius 3 is 2.68 bits per heavy atom. The number of benzene rings is 2. The summed E-state index contributed by atoms with van der Waals surface area (Å²) in [5.74, 6) is 0.839. The zero-order chi connectivity index (χ0) is 13.8. The van der Waals surface area contributed by atoms with Gasteiger partial charge in [-0.25, -0.2) is 0 Å². The minimum absolute atomic E-state index is 0.640. The van der Waals surface area contributed by atoms with Gasteiger partial charge in [-0.05, 0) is 59.6 Å². The van der Waals surface area contributed by atoms with Crippen molar-refractivity contribution in [3.05, 3.63) is 46.4 Å². The molecule has 0 heterocycles. The van der Waals surface area contributed by atoms with Crippen LogP contribution in [0.15, 0.2) is 40.9 Å². The molecule has 0 atom stereocenters. The molecule has 0 saturated heterocycles. The average Bonchev–Trinajstić information content (AvgIpc) is 2.38. The highest BCUT2D eigenvalue weighted by atomic mass is 79.9. The van der Waals surface area contributed by atoms with E-state index in [-0.39, 0.29) is 0 Å². The van der Waals surface area contributed by atoms with Crippen molar-refractivity contribution in [2.24, 2.45) is 0 Å². The third kappa shape index (κ3) is 3.20. The molecule has 3 nitrogen and oxygen atoms in total. The van der Waals surface area contributed by atoms with E-state index in [0.717, 1.165) is 32.8 Å². The van der Waals surface area contributed by atoms with E-state index in [1.165, 1.54) is 0 Å². The maximum atomic E-state index is 5.88. The smallest absolute Gasteiger partial charge is 0.142 e. The van der Waals surface area contributed by atoms with Crippen LogP contribution in [0.25, 0.3) is 0 Å². The predicted molar refractivity (Wildman–Crippen MR) is 84.2 cm³/mol. The van der Waals surface area contributed by atoms with E-state index in [9.17, 15) is 0 Å². The summed E-state index contributed by atoms with van der Waals surface area (Å²) in [5.41, 5.74) is 9.60. The van der Waals surface area contributed by atoms with E-state index >= 15 is 0 Å². The zero-order valence-electron chi connectivity index (χ0n) is 11.0. The zero-order valence-corrected chi connectivity index (χ0v) is 12.6. The number of hydrogen-bond donors (Lipinski definition) is 2. The molecule has 0 aliphatic heterocycles. The highest BCUT2D eigenvalue weighted by Gasteiger charge is 2.07. The van der Waals surface area contributed by atoms with Crippen molar-refractivity contribution in [3.8, 4) is 5.75 Å². The minimum atomic E-state index is 0.640. The van der Waals surface area contributed by atoms with Crippen LogP contribution in [-0.2, 0) is 0 Å². The Balaban J connectivity index is 2.33. The van der Waals surface area contributed by atoms with Crippen molar-refractivity contribution in [2.45, 2.75) is 13.8 Å². The number of rotatable bonds is 4. The van der Waals surface area contributed by atoms with Crippen molar-refractivity contribution in [3.63, 3.8) is 0 Å². The molecule has 3 N–H and O–H groups in total. The van der Waals surface area contributed by atoms with E-state index in [2.05, 4.69) is 21.2 Å². The predicted octanol–water partition coefficient (Wildman–Crippen LogP) is 4.48. The quantitative estimate of drug-likeness (QED) is 0.816. The van der Waals surface area contributed by atoms with Gasteiger partial charge in [0.2, 0.25) is 0 Å². The molecule has 4 heteroatoms. The van der Waals surface area contributed by atoms with Crippen molar-refractivity contribution < 1.29 is 4.74 Å². The average molecular weight is 321 g/mol. The summed E-state index contributed by atoms with van der Waals surface area (Å²) < 4.78 is 6.53. The summed E-state index contributed by atoms with van der Waals surface area (Å²) in [7, 11) is 0. The van der Waals surface area contributed by atoms with Gasteiger partial charge in [0.05, 0.1) is 18.0 Å². The normalized spacial score (nSPS) is 10.3. The number of nitrogens with one attached hydrogen (secondary N) is 1. The largest absolute Gasteiger partial charge is 0.492 e. The molecule has 0 spiro atoms. The van der Waals surface area contributed by atoms with Crippen molar-refractivity contribution in [2.75, 3.05) is 17.7 Å². The second kappa shape index (κ2) is 5.97. The molecule has 2 rings (SSSR count). The molecular formula is C15H17BrN2O. The fourth-order valence-corrected chi connectivity index (χ4v) is 2.25. The molecule has 0 saturated carbocycles. The fourth-order valence-electron chi connectivity index (χ4n) is 1.79. The van der Waals surface area contributed by atoms with Gasteiger partial charge in [0.25, 0.3) is 0 Å². The fraction of sp³-hybridized carbons (Fsp3) is 0.200. The maximum Gasteiger partial charge on any atom is 0.142 e. The highest BCUT2D eigenvalue weighted by Crippen LogP contribution is 2.33. The van der Waals surface area contributed by atoms with Gasteiger partial charge >= 0.3 is 0 Å². The summed E-state index contributed by atoms with van der Waals surface area (Å²) >= 11 is 3.52. The van der Waals surface area contributed by atoms with Crippen LogP contribution in [0.4, 0.5) is 17.1 Å². The molecule has 0 fully saturated rings. The lowest BCUT2D eigenvalue weighted by molar-refractivity contribution is 0.342. The molecule has 0 bridgehead atoms. The molecular weight excluding hydrogens is 304 g/mol. The van der Waals surface area contributed by atoms with Gasteiger partial charge in [-0.15, -0.1) is 0 Å². The number of halogens is 1. The van der Waals surface area contributed by atoms with E-state index in [0.29, 0.717) is 6.61 Å². The van der Waals surface area contributed by atoms with E-state index in [1.54, 1.807) is 0 Å². The van der Waals surface area contributed by atoms with Gasteiger partial charge in [0, 0.05) is 10.2 Å². The molecule has 0 aromatic heterocycles. The van der Waals surface area contributed by atoms with Crippen LogP contribution in [0.5, 0.6) is 5.75 Å². The summed E-state index contributed by atoms with van der Waals surface area (Å²) in [5, 5.41) is 3.37. The molecule has 0 amide bonds. The Bertz CT molecular complexity index is 584. The summed E-state index contributed by atoms with van der Waals surface area (Å²) in [6, 6.07) is 11.8. The minimum Gasteiger partial charge on any atom is -0.492 e. The van der Waals surface area contributed by atoms with E-state index in [1.807, 2.05) is 50.2 Å². The van der Waals surface area contributed by atoms with Crippen LogP contribution < -0.4 is 15.8 Å². The van der Waals surface area contributed by atoms with Gasteiger partial charge in [-0.1, -0.05) is 12.1 Å². The van der Waals surface area contributed by atoms with Crippen LogP contribution in [-0.4, -0.2) is 6.61 Å². The van der Waals surface area contributed by atoms with Crippen LogP contribution in [0.1, 0.15) is 12.5 Å². The first-order valence-electron chi connectivity index (χ1n) is 6.16. The first-order valence-corrected chi connectivity index (χ1v) is 6.95. The SMILES string of the molecule is CCOc1ccccc1Nc1cc(C)c(N)cc1Br. The lowest BCUT2D eigenvalue weighted by Crippen LogP contribution is -1.99. The van der Waals surface area contributed by atoms with Gasteiger partial charge in [-0.3, -0.25) is 0 Å². The molecule has 2 aromatic carbocycles. The topological polar surface area (TPSA) is 47.3 Å². The highest BCUT2D eigenvalue weighted by molar-refractivity contribution is 9.10. The Kier molecular flexibility index (Phi) is 4.32. The number of hydrogen-bond acceptors (Lipinski definition) is 3. The van der Waals surface area contributed by atoms with Gasteiger partial charge < -0.3 is 15.8 Å². The van der Waals surface area contributed by atoms with Crippen molar-refractivity contribution >= 4 is 33.0 Å². The van der Waals surface area contributed by atoms with Crippen molar-refractivity contribution in [1.82, 2.24) is 0 Å². The number of aryl methyl sites for hydroxylation is 1. The van der Waals surface area contributed by atoms with Crippen LogP contribution >= 0.6 is 15.9 Å². The first-order chi connectivity index (χ1) is 9.11. The van der Waals surface area contributed by atoms with Gasteiger partial charge in [0.15, 0.2) is 0 Å². The summed E-state index contributed by atoms with van der Waals surface area (Å²) in [6.07, 6.45) is 0. The number of anilines is 3.